The Bertz CT molecular complexity index is 527. The number of ether oxygens (including phenoxy) is 4. The predicted molar refractivity (Wildman–Crippen MR) is 76.3 cm³/mol. The number of hydrogen-bond acceptors (Lipinski definition) is 4. The Balaban J connectivity index is 2.38. The summed E-state index contributed by atoms with van der Waals surface area (Å²) in [5.74, 6) is 0.615. The number of rotatable bonds is 6. The highest BCUT2D eigenvalue weighted by Crippen LogP contribution is 2.32. The molecule has 0 heterocycles. The molecule has 0 fully saturated rings. The summed E-state index contributed by atoms with van der Waals surface area (Å²) in [7, 11) is 4.37. The molecule has 0 aromatic heterocycles. The summed E-state index contributed by atoms with van der Waals surface area (Å²) < 4.78 is 21.3. The first-order valence-electron chi connectivity index (χ1n) is 6.23. The summed E-state index contributed by atoms with van der Waals surface area (Å²) in [5.41, 5.74) is 1.98. The van der Waals surface area contributed by atoms with Crippen LogP contribution in [-0.2, 0) is 14.2 Å². The molecule has 106 valence electrons. The van der Waals surface area contributed by atoms with Gasteiger partial charge in [-0.05, 0) is 11.6 Å². The van der Waals surface area contributed by atoms with E-state index < -0.39 is 6.16 Å². The predicted octanol–water partition coefficient (Wildman–Crippen LogP) is 3.28. The first kappa shape index (κ1) is 14.5. The zero-order chi connectivity index (χ0) is 14.4. The average Bonchev–Trinajstić information content (AvgIpc) is 2.54. The molecular weight excluding hydrogens is 256 g/mol. The van der Waals surface area contributed by atoms with Gasteiger partial charge in [0, 0.05) is 26.9 Å². The molecule has 2 aromatic carbocycles. The third-order valence-electron chi connectivity index (χ3n) is 2.96. The van der Waals surface area contributed by atoms with Gasteiger partial charge in [0.05, 0.1) is 0 Å². The van der Waals surface area contributed by atoms with Crippen LogP contribution in [0, 0.1) is 0 Å². The van der Waals surface area contributed by atoms with Gasteiger partial charge in [-0.25, -0.2) is 0 Å². The van der Waals surface area contributed by atoms with Crippen molar-refractivity contribution in [3.8, 4) is 16.9 Å². The van der Waals surface area contributed by atoms with Gasteiger partial charge in [0.2, 0.25) is 0 Å². The molecule has 0 amide bonds. The summed E-state index contributed by atoms with van der Waals surface area (Å²) in [5, 5.41) is 0. The maximum absolute atomic E-state index is 5.77. The zero-order valence-corrected chi connectivity index (χ0v) is 11.8. The Kier molecular flexibility index (Phi) is 4.74. The molecule has 0 saturated carbocycles. The van der Waals surface area contributed by atoms with Crippen LogP contribution in [0.25, 0.3) is 11.1 Å². The lowest BCUT2D eigenvalue weighted by molar-refractivity contribution is -0.448. The highest BCUT2D eigenvalue weighted by atomic mass is 17.0. The molecule has 0 atom stereocenters. The molecule has 4 heteroatoms. The lowest BCUT2D eigenvalue weighted by Gasteiger charge is -2.28. The van der Waals surface area contributed by atoms with Crippen molar-refractivity contribution in [2.75, 3.05) is 21.3 Å². The number of hydrogen-bond donors (Lipinski definition) is 0. The van der Waals surface area contributed by atoms with Crippen LogP contribution in [0.4, 0.5) is 0 Å². The molecular formula is C16H18O4. The zero-order valence-electron chi connectivity index (χ0n) is 11.8. The molecule has 0 unspecified atom stereocenters. The SMILES string of the molecule is COC(OC)(OC)Oc1ccccc1-c1ccccc1. The summed E-state index contributed by atoms with van der Waals surface area (Å²) in [6.07, 6.45) is -1.55. The Morgan fingerprint density at radius 1 is 0.700 bits per heavy atom. The first-order valence-corrected chi connectivity index (χ1v) is 6.23. The van der Waals surface area contributed by atoms with E-state index in [2.05, 4.69) is 0 Å². The lowest BCUT2D eigenvalue weighted by Crippen LogP contribution is -2.42. The summed E-state index contributed by atoms with van der Waals surface area (Å²) >= 11 is 0. The first-order chi connectivity index (χ1) is 9.74. The van der Waals surface area contributed by atoms with E-state index in [9.17, 15) is 0 Å². The summed E-state index contributed by atoms with van der Waals surface area (Å²) in [6.45, 7) is 0. The Hall–Kier alpha value is -1.88. The van der Waals surface area contributed by atoms with Gasteiger partial charge in [0.15, 0.2) is 0 Å². The van der Waals surface area contributed by atoms with Crippen LogP contribution in [-0.4, -0.2) is 27.5 Å². The standard InChI is InChI=1S/C16H18O4/c1-17-16(18-2,19-3)20-15-12-8-7-11-14(15)13-9-5-4-6-10-13/h4-12H,1-3H3. The quantitative estimate of drug-likeness (QED) is 0.757. The Morgan fingerprint density at radius 2 is 1.25 bits per heavy atom. The molecule has 20 heavy (non-hydrogen) atoms. The second-order valence-electron chi connectivity index (χ2n) is 4.08. The largest absolute Gasteiger partial charge is 0.460 e. The van der Waals surface area contributed by atoms with Crippen molar-refractivity contribution >= 4 is 0 Å². The van der Waals surface area contributed by atoms with E-state index in [0.29, 0.717) is 5.75 Å². The molecule has 0 aliphatic heterocycles. The van der Waals surface area contributed by atoms with E-state index in [-0.39, 0.29) is 0 Å². The van der Waals surface area contributed by atoms with Crippen molar-refractivity contribution in [3.05, 3.63) is 54.6 Å². The molecule has 0 N–H and O–H groups in total. The van der Waals surface area contributed by atoms with Gasteiger partial charge in [-0.1, -0.05) is 48.5 Å². The van der Waals surface area contributed by atoms with Crippen LogP contribution in [0.5, 0.6) is 5.75 Å². The average molecular weight is 274 g/mol. The van der Waals surface area contributed by atoms with Gasteiger partial charge in [-0.15, -0.1) is 0 Å². The molecule has 2 rings (SSSR count). The topological polar surface area (TPSA) is 36.9 Å². The minimum absolute atomic E-state index is 0.615. The fraction of sp³-hybridized carbons (Fsp3) is 0.250. The van der Waals surface area contributed by atoms with E-state index in [0.717, 1.165) is 11.1 Å². The fourth-order valence-electron chi connectivity index (χ4n) is 1.92. The van der Waals surface area contributed by atoms with Crippen molar-refractivity contribution in [3.63, 3.8) is 0 Å². The smallest absolute Gasteiger partial charge is 0.416 e. The van der Waals surface area contributed by atoms with Crippen molar-refractivity contribution in [2.45, 2.75) is 6.16 Å². The Labute approximate surface area is 118 Å². The monoisotopic (exact) mass is 274 g/mol. The van der Waals surface area contributed by atoms with E-state index in [1.165, 1.54) is 21.3 Å². The summed E-state index contributed by atoms with van der Waals surface area (Å²) in [4.78, 5) is 0. The molecule has 0 aliphatic rings. The van der Waals surface area contributed by atoms with Gasteiger partial charge in [0.1, 0.15) is 5.75 Å². The van der Waals surface area contributed by atoms with Gasteiger partial charge in [-0.2, -0.15) is 0 Å². The minimum atomic E-state index is -1.55. The number of benzene rings is 2. The van der Waals surface area contributed by atoms with Gasteiger partial charge in [0.25, 0.3) is 0 Å². The van der Waals surface area contributed by atoms with Gasteiger partial charge >= 0.3 is 6.16 Å². The van der Waals surface area contributed by atoms with E-state index in [1.807, 2.05) is 54.6 Å². The second kappa shape index (κ2) is 6.52. The molecule has 4 nitrogen and oxygen atoms in total. The normalized spacial score (nSPS) is 11.3. The van der Waals surface area contributed by atoms with Crippen LogP contribution in [0.1, 0.15) is 0 Å². The summed E-state index contributed by atoms with van der Waals surface area (Å²) in [6, 6.07) is 17.6. The number of para-hydroxylation sites is 1. The third kappa shape index (κ3) is 2.99. The van der Waals surface area contributed by atoms with Crippen LogP contribution in [0.3, 0.4) is 0 Å². The van der Waals surface area contributed by atoms with E-state index in [4.69, 9.17) is 18.9 Å². The molecule has 0 aliphatic carbocycles. The van der Waals surface area contributed by atoms with Crippen molar-refractivity contribution in [1.82, 2.24) is 0 Å². The molecule has 0 bridgehead atoms. The van der Waals surface area contributed by atoms with E-state index >= 15 is 0 Å². The molecule has 2 aromatic rings. The lowest BCUT2D eigenvalue weighted by atomic mass is 10.1. The van der Waals surface area contributed by atoms with Crippen molar-refractivity contribution in [2.24, 2.45) is 0 Å². The molecule has 0 spiro atoms. The van der Waals surface area contributed by atoms with Gasteiger partial charge < -0.3 is 4.74 Å². The van der Waals surface area contributed by atoms with Crippen LogP contribution in [0.2, 0.25) is 0 Å². The van der Waals surface area contributed by atoms with Gasteiger partial charge in [-0.3, -0.25) is 14.2 Å². The van der Waals surface area contributed by atoms with Crippen LogP contribution < -0.4 is 4.74 Å². The maximum Gasteiger partial charge on any atom is 0.460 e. The van der Waals surface area contributed by atoms with Crippen molar-refractivity contribution < 1.29 is 18.9 Å². The fourth-order valence-corrected chi connectivity index (χ4v) is 1.92. The Morgan fingerprint density at radius 3 is 1.85 bits per heavy atom. The molecule has 0 radical (unpaired) electrons. The maximum atomic E-state index is 5.77. The van der Waals surface area contributed by atoms with Crippen LogP contribution >= 0.6 is 0 Å². The van der Waals surface area contributed by atoms with Crippen LogP contribution in [0.15, 0.2) is 54.6 Å². The second-order valence-corrected chi connectivity index (χ2v) is 4.08. The van der Waals surface area contributed by atoms with Crippen molar-refractivity contribution in [1.29, 1.82) is 0 Å². The third-order valence-corrected chi connectivity index (χ3v) is 2.96. The highest BCUT2D eigenvalue weighted by Gasteiger charge is 2.34. The van der Waals surface area contributed by atoms with E-state index in [1.54, 1.807) is 0 Å². The number of methoxy groups -OCH3 is 3. The highest BCUT2D eigenvalue weighted by molar-refractivity contribution is 5.70. The minimum Gasteiger partial charge on any atom is -0.416 e. The molecule has 0 saturated heterocycles.